The van der Waals surface area contributed by atoms with Crippen molar-refractivity contribution in [1.29, 1.82) is 0 Å². The second-order valence-corrected chi connectivity index (χ2v) is 5.14. The van der Waals surface area contributed by atoms with Gasteiger partial charge in [0.1, 0.15) is 5.75 Å². The Bertz CT molecular complexity index is 959. The molecule has 0 saturated heterocycles. The first-order chi connectivity index (χ1) is 12.5. The molecule has 3 aromatic rings. The summed E-state index contributed by atoms with van der Waals surface area (Å²) in [6.07, 6.45) is 0. The zero-order valence-corrected chi connectivity index (χ0v) is 13.4. The van der Waals surface area contributed by atoms with E-state index in [9.17, 15) is 18.0 Å². The number of nitrogens with one attached hydrogen (secondary N) is 1. The van der Waals surface area contributed by atoms with Crippen molar-refractivity contribution in [2.45, 2.75) is 6.54 Å². The van der Waals surface area contributed by atoms with E-state index in [1.165, 1.54) is 7.11 Å². The molecule has 1 aromatic heterocycles. The summed E-state index contributed by atoms with van der Waals surface area (Å²) >= 11 is 0. The molecule has 9 heteroatoms. The predicted octanol–water partition coefficient (Wildman–Crippen LogP) is 3.09. The third kappa shape index (κ3) is 3.51. The van der Waals surface area contributed by atoms with E-state index < -0.39 is 28.9 Å². The number of carbonyl (C=O) groups is 1. The lowest BCUT2D eigenvalue weighted by Crippen LogP contribution is -2.24. The van der Waals surface area contributed by atoms with Crippen molar-refractivity contribution in [3.63, 3.8) is 0 Å². The molecular formula is C17H12F3N3O3. The molecule has 0 fully saturated rings. The van der Waals surface area contributed by atoms with Crippen LogP contribution in [0.5, 0.6) is 5.75 Å². The van der Waals surface area contributed by atoms with Gasteiger partial charge in [-0.3, -0.25) is 4.79 Å². The number of hydrogen-bond donors (Lipinski definition) is 1. The molecule has 1 N–H and O–H groups in total. The minimum Gasteiger partial charge on any atom is -0.497 e. The van der Waals surface area contributed by atoms with E-state index in [4.69, 9.17) is 9.15 Å². The van der Waals surface area contributed by atoms with E-state index in [-0.39, 0.29) is 18.3 Å². The Morgan fingerprint density at radius 3 is 2.73 bits per heavy atom. The van der Waals surface area contributed by atoms with E-state index in [1.807, 2.05) is 0 Å². The number of nitrogens with zero attached hydrogens (tertiary/aromatic N) is 2. The third-order valence-corrected chi connectivity index (χ3v) is 3.46. The maximum absolute atomic E-state index is 13.6. The average Bonchev–Trinajstić information content (AvgIpc) is 3.13. The lowest BCUT2D eigenvalue weighted by atomic mass is 10.2. The van der Waals surface area contributed by atoms with Crippen molar-refractivity contribution in [2.24, 2.45) is 0 Å². The maximum atomic E-state index is 13.6. The molecular weight excluding hydrogens is 351 g/mol. The van der Waals surface area contributed by atoms with Crippen molar-refractivity contribution < 1.29 is 27.1 Å². The van der Waals surface area contributed by atoms with E-state index in [1.54, 1.807) is 24.3 Å². The third-order valence-electron chi connectivity index (χ3n) is 3.46. The summed E-state index contributed by atoms with van der Waals surface area (Å²) in [5.74, 6) is -4.74. The molecule has 1 heterocycles. The first-order valence-electron chi connectivity index (χ1n) is 7.38. The Morgan fingerprint density at radius 1 is 1.15 bits per heavy atom. The minimum absolute atomic E-state index is 0.0548. The molecule has 0 aliphatic rings. The molecule has 0 atom stereocenters. The maximum Gasteiger partial charge on any atom is 0.254 e. The van der Waals surface area contributed by atoms with E-state index in [2.05, 4.69) is 15.5 Å². The number of hydrogen-bond acceptors (Lipinski definition) is 5. The molecule has 3 rings (SSSR count). The van der Waals surface area contributed by atoms with Crippen LogP contribution in [0.25, 0.3) is 11.5 Å². The summed E-state index contributed by atoms with van der Waals surface area (Å²) in [5, 5.41) is 9.92. The van der Waals surface area contributed by atoms with Crippen molar-refractivity contribution in [1.82, 2.24) is 15.5 Å². The predicted molar refractivity (Wildman–Crippen MR) is 83.8 cm³/mol. The second-order valence-electron chi connectivity index (χ2n) is 5.14. The van der Waals surface area contributed by atoms with E-state index in [0.717, 1.165) is 6.07 Å². The normalized spacial score (nSPS) is 10.6. The van der Waals surface area contributed by atoms with Gasteiger partial charge in [-0.1, -0.05) is 6.07 Å². The molecule has 0 unspecified atom stereocenters. The summed E-state index contributed by atoms with van der Waals surface area (Å²) in [6, 6.07) is 8.42. The molecule has 0 aliphatic heterocycles. The molecule has 2 aromatic carbocycles. The molecule has 0 bridgehead atoms. The van der Waals surface area contributed by atoms with Gasteiger partial charge in [-0.2, -0.15) is 0 Å². The Morgan fingerprint density at radius 2 is 1.96 bits per heavy atom. The largest absolute Gasteiger partial charge is 0.497 e. The molecule has 0 saturated carbocycles. The fourth-order valence-electron chi connectivity index (χ4n) is 2.15. The van der Waals surface area contributed by atoms with Gasteiger partial charge in [0.05, 0.1) is 19.2 Å². The van der Waals surface area contributed by atoms with Crippen LogP contribution in [-0.4, -0.2) is 23.2 Å². The summed E-state index contributed by atoms with van der Waals surface area (Å²) in [7, 11) is 1.52. The zero-order valence-electron chi connectivity index (χ0n) is 13.4. The van der Waals surface area contributed by atoms with Gasteiger partial charge in [0, 0.05) is 5.56 Å². The molecule has 0 spiro atoms. The van der Waals surface area contributed by atoms with Crippen LogP contribution in [0.2, 0.25) is 0 Å². The van der Waals surface area contributed by atoms with Gasteiger partial charge >= 0.3 is 0 Å². The van der Waals surface area contributed by atoms with Gasteiger partial charge in [0.2, 0.25) is 11.8 Å². The second kappa shape index (κ2) is 7.26. The highest BCUT2D eigenvalue weighted by atomic mass is 19.2. The number of amides is 1. The number of methoxy groups -OCH3 is 1. The summed E-state index contributed by atoms with van der Waals surface area (Å²) in [5.41, 5.74) is -0.0162. The number of ether oxygens (including phenoxy) is 1. The van der Waals surface area contributed by atoms with Gasteiger partial charge in [-0.15, -0.1) is 10.2 Å². The van der Waals surface area contributed by atoms with E-state index in [0.29, 0.717) is 17.4 Å². The fraction of sp³-hybridized carbons (Fsp3) is 0.118. The SMILES string of the molecule is COc1cccc(-c2nnc(CNC(=O)c3ccc(F)c(F)c3F)o2)c1. The van der Waals surface area contributed by atoms with Crippen molar-refractivity contribution in [3.8, 4) is 17.2 Å². The molecule has 0 aliphatic carbocycles. The van der Waals surface area contributed by atoms with Crippen molar-refractivity contribution in [2.75, 3.05) is 7.11 Å². The smallest absolute Gasteiger partial charge is 0.254 e. The van der Waals surface area contributed by atoms with Crippen LogP contribution in [-0.2, 0) is 6.54 Å². The van der Waals surface area contributed by atoms with Gasteiger partial charge in [-0.25, -0.2) is 13.2 Å². The highest BCUT2D eigenvalue weighted by Crippen LogP contribution is 2.22. The summed E-state index contributed by atoms with van der Waals surface area (Å²) < 4.78 is 50.2. The molecule has 6 nitrogen and oxygen atoms in total. The first kappa shape index (κ1) is 17.5. The lowest BCUT2D eigenvalue weighted by Gasteiger charge is -2.05. The van der Waals surface area contributed by atoms with Crippen LogP contribution in [0.4, 0.5) is 13.2 Å². The van der Waals surface area contributed by atoms with Gasteiger partial charge in [-0.05, 0) is 30.3 Å². The highest BCUT2D eigenvalue weighted by molar-refractivity contribution is 5.94. The zero-order chi connectivity index (χ0) is 18.7. The Hall–Kier alpha value is -3.36. The molecule has 1 amide bonds. The van der Waals surface area contributed by atoms with Crippen LogP contribution in [0.1, 0.15) is 16.2 Å². The quantitative estimate of drug-likeness (QED) is 0.705. The van der Waals surface area contributed by atoms with E-state index >= 15 is 0 Å². The number of carbonyl (C=O) groups excluding carboxylic acids is 1. The molecule has 26 heavy (non-hydrogen) atoms. The first-order valence-corrected chi connectivity index (χ1v) is 7.38. The Kier molecular flexibility index (Phi) is 4.87. The van der Waals surface area contributed by atoms with Crippen LogP contribution in [0.15, 0.2) is 40.8 Å². The monoisotopic (exact) mass is 363 g/mol. The Balaban J connectivity index is 1.70. The minimum atomic E-state index is -1.71. The van der Waals surface area contributed by atoms with Crippen LogP contribution in [0.3, 0.4) is 0 Å². The standard InChI is InChI=1S/C17H12F3N3O3/c1-25-10-4-2-3-9(7-10)17-23-22-13(26-17)8-21-16(24)11-5-6-12(18)15(20)14(11)19/h2-7H,8H2,1H3,(H,21,24). The number of benzene rings is 2. The van der Waals surface area contributed by atoms with Gasteiger partial charge < -0.3 is 14.5 Å². The number of aromatic nitrogens is 2. The molecule has 0 radical (unpaired) electrons. The number of halogens is 3. The summed E-state index contributed by atoms with van der Waals surface area (Å²) in [6.45, 7) is -0.214. The average molecular weight is 363 g/mol. The Labute approximate surface area is 145 Å². The van der Waals surface area contributed by atoms with Crippen molar-refractivity contribution >= 4 is 5.91 Å². The van der Waals surface area contributed by atoms with Gasteiger partial charge in [0.15, 0.2) is 17.5 Å². The number of rotatable bonds is 5. The van der Waals surface area contributed by atoms with Crippen LogP contribution < -0.4 is 10.1 Å². The molecule has 134 valence electrons. The summed E-state index contributed by atoms with van der Waals surface area (Å²) in [4.78, 5) is 11.9. The van der Waals surface area contributed by atoms with Gasteiger partial charge in [0.25, 0.3) is 5.91 Å². The highest BCUT2D eigenvalue weighted by Gasteiger charge is 2.19. The van der Waals surface area contributed by atoms with Crippen LogP contribution >= 0.6 is 0 Å². The fourth-order valence-corrected chi connectivity index (χ4v) is 2.15. The van der Waals surface area contributed by atoms with Crippen molar-refractivity contribution in [3.05, 3.63) is 65.3 Å². The van der Waals surface area contributed by atoms with Crippen LogP contribution in [0, 0.1) is 17.5 Å². The topological polar surface area (TPSA) is 77.3 Å². The lowest BCUT2D eigenvalue weighted by molar-refractivity contribution is 0.0942.